The van der Waals surface area contributed by atoms with Crippen LogP contribution >= 0.6 is 11.3 Å². The van der Waals surface area contributed by atoms with Crippen LogP contribution in [0.25, 0.3) is 10.2 Å². The van der Waals surface area contributed by atoms with Crippen molar-refractivity contribution in [3.05, 3.63) is 52.7 Å². The van der Waals surface area contributed by atoms with E-state index in [2.05, 4.69) is 39.6 Å². The van der Waals surface area contributed by atoms with Gasteiger partial charge in [0.15, 0.2) is 0 Å². The number of hydrogen-bond acceptors (Lipinski definition) is 7. The Hall–Kier alpha value is -2.55. The number of aliphatic hydroxyl groups is 1. The van der Waals surface area contributed by atoms with Gasteiger partial charge in [0.2, 0.25) is 0 Å². The number of anilines is 1. The molecule has 0 saturated carbocycles. The number of nitrogens with one attached hydrogen (secondary N) is 1. The fraction of sp³-hybridized carbons (Fsp3) is 0.480. The second kappa shape index (κ2) is 9.37. The number of aryl methyl sites for hydroxylation is 1. The van der Waals surface area contributed by atoms with E-state index in [9.17, 15) is 9.90 Å². The van der Waals surface area contributed by atoms with E-state index in [1.807, 2.05) is 17.9 Å². The number of amides is 1. The molecule has 3 aromatic rings. The summed E-state index contributed by atoms with van der Waals surface area (Å²) >= 11 is 1.42. The Kier molecular flexibility index (Phi) is 6.32. The van der Waals surface area contributed by atoms with E-state index in [0.717, 1.165) is 67.0 Å². The van der Waals surface area contributed by atoms with Gasteiger partial charge in [0.05, 0.1) is 22.9 Å². The average Bonchev–Trinajstić information content (AvgIpc) is 3.48. The lowest BCUT2D eigenvalue weighted by Crippen LogP contribution is -2.40. The van der Waals surface area contributed by atoms with Gasteiger partial charge in [-0.15, -0.1) is 11.3 Å². The number of aromatic nitrogens is 2. The second-order valence-electron chi connectivity index (χ2n) is 9.05. The van der Waals surface area contributed by atoms with Crippen molar-refractivity contribution in [2.75, 3.05) is 38.2 Å². The van der Waals surface area contributed by atoms with E-state index >= 15 is 0 Å². The number of benzene rings is 1. The Balaban J connectivity index is 1.45. The van der Waals surface area contributed by atoms with Crippen LogP contribution in [-0.4, -0.2) is 64.8 Å². The molecule has 0 spiro atoms. The van der Waals surface area contributed by atoms with E-state index in [1.165, 1.54) is 16.9 Å². The van der Waals surface area contributed by atoms with Crippen molar-refractivity contribution < 1.29 is 14.6 Å². The van der Waals surface area contributed by atoms with E-state index in [0.29, 0.717) is 11.4 Å². The van der Waals surface area contributed by atoms with Crippen LogP contribution in [0, 0.1) is 6.92 Å². The normalized spacial score (nSPS) is 20.3. The van der Waals surface area contributed by atoms with Crippen LogP contribution in [0.4, 0.5) is 5.82 Å². The molecule has 174 valence electrons. The van der Waals surface area contributed by atoms with Gasteiger partial charge in [-0.3, -0.25) is 4.79 Å². The minimum Gasteiger partial charge on any atom is -0.394 e. The molecule has 2 N–H and O–H groups in total. The Morgan fingerprint density at radius 3 is 2.82 bits per heavy atom. The third-order valence-corrected chi connectivity index (χ3v) is 8.39. The van der Waals surface area contributed by atoms with Gasteiger partial charge in [-0.25, -0.2) is 9.97 Å². The predicted octanol–water partition coefficient (Wildman–Crippen LogP) is 3.76. The van der Waals surface area contributed by atoms with Gasteiger partial charge < -0.3 is 20.1 Å². The van der Waals surface area contributed by atoms with Crippen molar-refractivity contribution in [1.82, 2.24) is 14.9 Å². The maximum atomic E-state index is 13.3. The predicted molar refractivity (Wildman–Crippen MR) is 130 cm³/mol. The molecule has 2 fully saturated rings. The molecule has 0 unspecified atom stereocenters. The molecule has 1 amide bonds. The zero-order chi connectivity index (χ0) is 22.8. The van der Waals surface area contributed by atoms with E-state index in [4.69, 9.17) is 4.74 Å². The molecular formula is C25H30N4O3S. The summed E-state index contributed by atoms with van der Waals surface area (Å²) < 4.78 is 5.67. The zero-order valence-corrected chi connectivity index (χ0v) is 19.7. The Morgan fingerprint density at radius 1 is 1.27 bits per heavy atom. The molecule has 33 heavy (non-hydrogen) atoms. The largest absolute Gasteiger partial charge is 0.394 e. The fourth-order valence-electron chi connectivity index (χ4n) is 5.21. The molecule has 0 bridgehead atoms. The number of likely N-dealkylation sites (tertiary alicyclic amines) is 1. The van der Waals surface area contributed by atoms with Crippen LogP contribution in [0.1, 0.15) is 46.5 Å². The molecule has 0 aliphatic carbocycles. The number of aliphatic hydroxyl groups excluding tert-OH is 1. The van der Waals surface area contributed by atoms with Crippen molar-refractivity contribution in [3.63, 3.8) is 0 Å². The summed E-state index contributed by atoms with van der Waals surface area (Å²) in [6.07, 6.45) is 5.24. The van der Waals surface area contributed by atoms with Crippen LogP contribution in [0.2, 0.25) is 0 Å². The molecule has 7 nitrogen and oxygen atoms in total. The first-order chi connectivity index (χ1) is 16.1. The molecule has 5 rings (SSSR count). The number of fused-ring (bicyclic) bond motifs is 1. The minimum absolute atomic E-state index is 0.00752. The van der Waals surface area contributed by atoms with Gasteiger partial charge >= 0.3 is 0 Å². The molecule has 2 aliphatic rings. The van der Waals surface area contributed by atoms with Crippen molar-refractivity contribution >= 4 is 33.3 Å². The van der Waals surface area contributed by atoms with Crippen LogP contribution < -0.4 is 5.32 Å². The van der Waals surface area contributed by atoms with E-state index < -0.39 is 0 Å². The number of carbonyl (C=O) groups is 1. The molecule has 4 heterocycles. The number of carbonyl (C=O) groups excluding carboxylic acids is 1. The summed E-state index contributed by atoms with van der Waals surface area (Å²) in [5.41, 5.74) is 2.20. The first-order valence-electron chi connectivity index (χ1n) is 11.7. The highest BCUT2D eigenvalue weighted by atomic mass is 32.1. The monoisotopic (exact) mass is 466 g/mol. The van der Waals surface area contributed by atoms with Crippen molar-refractivity contribution in [2.45, 2.75) is 44.1 Å². The molecule has 1 atom stereocenters. The first kappa shape index (κ1) is 22.3. The van der Waals surface area contributed by atoms with Gasteiger partial charge in [0.25, 0.3) is 5.91 Å². The lowest BCUT2D eigenvalue weighted by molar-refractivity contribution is 0.0543. The topological polar surface area (TPSA) is 87.6 Å². The van der Waals surface area contributed by atoms with Gasteiger partial charge in [-0.2, -0.15) is 0 Å². The molecule has 2 aliphatic heterocycles. The molecule has 2 aromatic heterocycles. The fourth-order valence-corrected chi connectivity index (χ4v) is 6.31. The summed E-state index contributed by atoms with van der Waals surface area (Å²) in [7, 11) is 0. The molecule has 8 heteroatoms. The van der Waals surface area contributed by atoms with Crippen LogP contribution in [0.3, 0.4) is 0 Å². The van der Waals surface area contributed by atoms with Crippen molar-refractivity contribution in [2.24, 2.45) is 0 Å². The summed E-state index contributed by atoms with van der Waals surface area (Å²) in [4.78, 5) is 25.7. The third kappa shape index (κ3) is 4.11. The lowest BCUT2D eigenvalue weighted by atomic mass is 9.74. The van der Waals surface area contributed by atoms with E-state index in [-0.39, 0.29) is 24.0 Å². The maximum absolute atomic E-state index is 13.3. The van der Waals surface area contributed by atoms with Crippen LogP contribution in [0.5, 0.6) is 0 Å². The molecular weight excluding hydrogens is 436 g/mol. The summed E-state index contributed by atoms with van der Waals surface area (Å²) in [6, 6.07) is 10.5. The third-order valence-electron chi connectivity index (χ3n) is 7.20. The number of nitrogens with zero attached hydrogens (tertiary/aromatic N) is 3. The summed E-state index contributed by atoms with van der Waals surface area (Å²) in [5.74, 6) is 0.762. The standard InChI is InChI=1S/C25H30N4O3S/c1-17-20-22(26-15-25(9-12-32-13-10-25)18-6-3-2-4-7-18)27-16-28-23(20)33-21(17)24(31)29-11-5-8-19(29)14-30/h2-4,6-7,16,19,30H,5,8-15H2,1H3,(H,26,27,28)/t19-/m0/s1. The highest BCUT2D eigenvalue weighted by Gasteiger charge is 2.35. The van der Waals surface area contributed by atoms with E-state index in [1.54, 1.807) is 6.33 Å². The first-order valence-corrected chi connectivity index (χ1v) is 12.5. The Bertz CT molecular complexity index is 1130. The van der Waals surface area contributed by atoms with Gasteiger partial charge in [-0.1, -0.05) is 30.3 Å². The lowest BCUT2D eigenvalue weighted by Gasteiger charge is -2.38. The smallest absolute Gasteiger partial charge is 0.264 e. The van der Waals surface area contributed by atoms with Gasteiger partial charge in [0, 0.05) is 31.7 Å². The highest BCUT2D eigenvalue weighted by molar-refractivity contribution is 7.20. The Labute approximate surface area is 197 Å². The van der Waals surface area contributed by atoms with Crippen molar-refractivity contribution in [1.29, 1.82) is 0 Å². The van der Waals surface area contributed by atoms with Crippen LogP contribution in [-0.2, 0) is 10.2 Å². The number of hydrogen-bond donors (Lipinski definition) is 2. The maximum Gasteiger partial charge on any atom is 0.264 e. The SMILES string of the molecule is Cc1c(C(=O)N2CCC[C@H]2CO)sc2ncnc(NCC3(c4ccccc4)CCOCC3)c12. The number of rotatable bonds is 6. The summed E-state index contributed by atoms with van der Waals surface area (Å²) in [6.45, 7) is 4.90. The molecule has 1 aromatic carbocycles. The second-order valence-corrected chi connectivity index (χ2v) is 10.0. The quantitative estimate of drug-likeness (QED) is 0.575. The zero-order valence-electron chi connectivity index (χ0n) is 18.9. The Morgan fingerprint density at radius 2 is 2.06 bits per heavy atom. The minimum atomic E-state index is -0.0926. The van der Waals surface area contributed by atoms with Gasteiger partial charge in [-0.05, 0) is 43.7 Å². The number of thiophene rings is 1. The van der Waals surface area contributed by atoms with Crippen molar-refractivity contribution in [3.8, 4) is 0 Å². The summed E-state index contributed by atoms with van der Waals surface area (Å²) in [5, 5.41) is 14.2. The highest BCUT2D eigenvalue weighted by Crippen LogP contribution is 2.38. The van der Waals surface area contributed by atoms with Crippen LogP contribution in [0.15, 0.2) is 36.7 Å². The molecule has 0 radical (unpaired) electrons. The number of ether oxygens (including phenoxy) is 1. The molecule has 2 saturated heterocycles. The van der Waals surface area contributed by atoms with Gasteiger partial charge in [0.1, 0.15) is 17.0 Å². The average molecular weight is 467 g/mol.